The molecule has 4 heterocycles. The molecule has 0 unspecified atom stereocenters. The largest absolute Gasteiger partial charge is 0.351 e. The van der Waals surface area contributed by atoms with Crippen LogP contribution in [0, 0.1) is 5.92 Å². The Balaban J connectivity index is 1.37. The number of aromatic nitrogens is 1. The third kappa shape index (κ3) is 4.41. The van der Waals surface area contributed by atoms with Gasteiger partial charge in [0, 0.05) is 25.2 Å². The van der Waals surface area contributed by atoms with Gasteiger partial charge < -0.3 is 19.7 Å². The Morgan fingerprint density at radius 2 is 1.94 bits per heavy atom. The number of likely N-dealkylation sites (tertiary alicyclic amines) is 1. The van der Waals surface area contributed by atoms with E-state index in [2.05, 4.69) is 40.1 Å². The molecule has 1 saturated carbocycles. The average molecular weight is 485 g/mol. The molecule has 1 N–H and O–H groups in total. The standard InChI is InChI=1S/C27H40N4O2S/c1-19-8-10-21(11-9-19)28-26(33)27(3)18-30-22-12-16-34-24(22)17-23(30)25(32)31(27)15-6-14-29-13-5-4-7-20(29)2/h12,16-17,19-21H,4-11,13-15,18H2,1-3H3,(H,28,33)/t19?,20-,21?,27+/m0/s1. The van der Waals surface area contributed by atoms with E-state index in [0.717, 1.165) is 67.0 Å². The van der Waals surface area contributed by atoms with Crippen LogP contribution in [0.15, 0.2) is 17.5 Å². The quantitative estimate of drug-likeness (QED) is 0.636. The molecule has 1 saturated heterocycles. The van der Waals surface area contributed by atoms with E-state index in [0.29, 0.717) is 19.1 Å². The molecule has 7 heteroatoms. The third-order valence-electron chi connectivity index (χ3n) is 8.66. The number of piperidine rings is 1. The van der Waals surface area contributed by atoms with Crippen LogP contribution in [0.4, 0.5) is 0 Å². The normalized spacial score (nSPS) is 30.5. The Morgan fingerprint density at radius 1 is 1.15 bits per heavy atom. The molecule has 1 aliphatic carbocycles. The fraction of sp³-hybridized carbons (Fsp3) is 0.704. The van der Waals surface area contributed by atoms with Gasteiger partial charge in [-0.2, -0.15) is 0 Å². The number of fused-ring (bicyclic) bond motifs is 3. The predicted octanol–water partition coefficient (Wildman–Crippen LogP) is 4.88. The highest BCUT2D eigenvalue weighted by Crippen LogP contribution is 2.35. The van der Waals surface area contributed by atoms with Crippen molar-refractivity contribution in [2.45, 2.75) is 96.3 Å². The van der Waals surface area contributed by atoms with Gasteiger partial charge in [0.15, 0.2) is 0 Å². The molecular weight excluding hydrogens is 444 g/mol. The van der Waals surface area contributed by atoms with Crippen molar-refractivity contribution < 1.29 is 9.59 Å². The number of rotatable bonds is 6. The minimum Gasteiger partial charge on any atom is -0.351 e. The van der Waals surface area contributed by atoms with E-state index in [1.807, 2.05) is 17.9 Å². The minimum absolute atomic E-state index is 0.00346. The van der Waals surface area contributed by atoms with Crippen LogP contribution in [0.2, 0.25) is 0 Å². The van der Waals surface area contributed by atoms with Crippen LogP contribution >= 0.6 is 11.3 Å². The van der Waals surface area contributed by atoms with Crippen molar-refractivity contribution in [3.63, 3.8) is 0 Å². The van der Waals surface area contributed by atoms with Crippen LogP contribution in [0.25, 0.3) is 10.2 Å². The molecule has 0 radical (unpaired) electrons. The molecule has 5 rings (SSSR count). The van der Waals surface area contributed by atoms with Crippen molar-refractivity contribution in [1.29, 1.82) is 0 Å². The molecule has 2 atom stereocenters. The Labute approximate surface area is 207 Å². The summed E-state index contributed by atoms with van der Waals surface area (Å²) < 4.78 is 3.20. The monoisotopic (exact) mass is 484 g/mol. The van der Waals surface area contributed by atoms with Crippen LogP contribution < -0.4 is 5.32 Å². The second-order valence-electron chi connectivity index (χ2n) is 11.2. The second kappa shape index (κ2) is 9.65. The van der Waals surface area contributed by atoms with Gasteiger partial charge in [0.2, 0.25) is 5.91 Å². The van der Waals surface area contributed by atoms with Crippen LogP contribution in [0.3, 0.4) is 0 Å². The number of carbonyl (C=O) groups is 2. The topological polar surface area (TPSA) is 57.6 Å². The summed E-state index contributed by atoms with van der Waals surface area (Å²) in [5, 5.41) is 5.42. The number of hydrogen-bond acceptors (Lipinski definition) is 4. The van der Waals surface area contributed by atoms with E-state index in [1.165, 1.54) is 19.3 Å². The summed E-state index contributed by atoms with van der Waals surface area (Å²) in [7, 11) is 0. The predicted molar refractivity (Wildman–Crippen MR) is 138 cm³/mol. The van der Waals surface area contributed by atoms with Crippen LogP contribution in [-0.2, 0) is 11.3 Å². The summed E-state index contributed by atoms with van der Waals surface area (Å²) in [4.78, 5) is 32.1. The van der Waals surface area contributed by atoms with Gasteiger partial charge in [-0.25, -0.2) is 0 Å². The number of nitrogens with one attached hydrogen (secondary N) is 1. The molecule has 34 heavy (non-hydrogen) atoms. The third-order valence-corrected chi connectivity index (χ3v) is 9.51. The Kier molecular flexibility index (Phi) is 6.77. The molecule has 0 aromatic carbocycles. The molecule has 0 spiro atoms. The summed E-state index contributed by atoms with van der Waals surface area (Å²) >= 11 is 1.66. The fourth-order valence-corrected chi connectivity index (χ4v) is 7.11. The van der Waals surface area contributed by atoms with Crippen molar-refractivity contribution >= 4 is 33.4 Å². The maximum absolute atomic E-state index is 13.8. The SMILES string of the molecule is CC1CCC(NC(=O)[C@@]2(C)Cn3c(cc4sccc43)C(=O)N2CCCN2CCCC[C@@H]2C)CC1. The summed E-state index contributed by atoms with van der Waals surface area (Å²) in [6, 6.07) is 4.92. The van der Waals surface area contributed by atoms with Crippen molar-refractivity contribution in [2.24, 2.45) is 5.92 Å². The Hall–Kier alpha value is -1.86. The Morgan fingerprint density at radius 3 is 2.71 bits per heavy atom. The summed E-state index contributed by atoms with van der Waals surface area (Å²) in [6.45, 7) is 9.86. The first-order valence-electron chi connectivity index (χ1n) is 13.3. The first-order chi connectivity index (χ1) is 16.4. The van der Waals surface area contributed by atoms with E-state index >= 15 is 0 Å². The van der Waals surface area contributed by atoms with E-state index in [-0.39, 0.29) is 17.9 Å². The summed E-state index contributed by atoms with van der Waals surface area (Å²) in [5.41, 5.74) is 0.916. The maximum atomic E-state index is 13.8. The maximum Gasteiger partial charge on any atom is 0.271 e. The van der Waals surface area contributed by atoms with Crippen LogP contribution in [0.5, 0.6) is 0 Å². The number of carbonyl (C=O) groups excluding carboxylic acids is 2. The molecular formula is C27H40N4O2S. The zero-order valence-electron chi connectivity index (χ0n) is 21.0. The highest BCUT2D eigenvalue weighted by molar-refractivity contribution is 7.17. The lowest BCUT2D eigenvalue weighted by atomic mass is 9.86. The van der Waals surface area contributed by atoms with Crippen molar-refractivity contribution in [1.82, 2.24) is 19.7 Å². The first kappa shape index (κ1) is 23.9. The molecule has 0 bridgehead atoms. The number of nitrogens with zero attached hydrogens (tertiary/aromatic N) is 3. The van der Waals surface area contributed by atoms with Crippen molar-refractivity contribution in [3.05, 3.63) is 23.2 Å². The second-order valence-corrected chi connectivity index (χ2v) is 12.1. The number of thiophene rings is 1. The molecule has 186 valence electrons. The number of hydrogen-bond donors (Lipinski definition) is 1. The van der Waals surface area contributed by atoms with Gasteiger partial charge in [-0.3, -0.25) is 9.59 Å². The van der Waals surface area contributed by atoms with Crippen LogP contribution in [-0.4, -0.2) is 63.4 Å². The molecule has 3 aliphatic rings. The van der Waals surface area contributed by atoms with Crippen LogP contribution in [0.1, 0.15) is 82.6 Å². The highest BCUT2D eigenvalue weighted by Gasteiger charge is 2.48. The van der Waals surface area contributed by atoms with Crippen molar-refractivity contribution in [2.75, 3.05) is 19.6 Å². The molecule has 2 fully saturated rings. The van der Waals surface area contributed by atoms with Gasteiger partial charge in [-0.05, 0) is 88.8 Å². The van der Waals surface area contributed by atoms with E-state index < -0.39 is 5.54 Å². The van der Waals surface area contributed by atoms with Gasteiger partial charge in [0.1, 0.15) is 11.2 Å². The average Bonchev–Trinajstić information content (AvgIpc) is 3.41. The van der Waals surface area contributed by atoms with Gasteiger partial charge in [-0.1, -0.05) is 13.3 Å². The van der Waals surface area contributed by atoms with Gasteiger partial charge >= 0.3 is 0 Å². The van der Waals surface area contributed by atoms with Crippen molar-refractivity contribution in [3.8, 4) is 0 Å². The summed E-state index contributed by atoms with van der Waals surface area (Å²) in [5.74, 6) is 0.744. The lowest BCUT2D eigenvalue weighted by Gasteiger charge is -2.45. The molecule has 2 aromatic heterocycles. The fourth-order valence-electron chi connectivity index (χ4n) is 6.29. The van der Waals surface area contributed by atoms with E-state index in [9.17, 15) is 9.59 Å². The summed E-state index contributed by atoms with van der Waals surface area (Å²) in [6.07, 6.45) is 9.12. The van der Waals surface area contributed by atoms with E-state index in [1.54, 1.807) is 11.3 Å². The van der Waals surface area contributed by atoms with Gasteiger partial charge in [0.25, 0.3) is 5.91 Å². The molecule has 6 nitrogen and oxygen atoms in total. The van der Waals surface area contributed by atoms with E-state index in [4.69, 9.17) is 0 Å². The molecule has 2 aromatic rings. The van der Waals surface area contributed by atoms with Gasteiger partial charge in [-0.15, -0.1) is 11.3 Å². The number of amides is 2. The molecule has 2 amide bonds. The zero-order chi connectivity index (χ0) is 23.9. The highest BCUT2D eigenvalue weighted by atomic mass is 32.1. The van der Waals surface area contributed by atoms with Gasteiger partial charge in [0.05, 0.1) is 16.8 Å². The lowest BCUT2D eigenvalue weighted by molar-refractivity contribution is -0.133. The zero-order valence-corrected chi connectivity index (χ0v) is 21.8. The Bertz CT molecular complexity index is 1040. The first-order valence-corrected chi connectivity index (χ1v) is 14.2. The minimum atomic E-state index is -0.880. The molecule has 2 aliphatic heterocycles. The lowest BCUT2D eigenvalue weighted by Crippen LogP contribution is -2.65. The smallest absolute Gasteiger partial charge is 0.271 e.